The number of rotatable bonds is 7. The largest absolute Gasteiger partial charge is 0.341 e. The first-order valence-corrected chi connectivity index (χ1v) is 10.6. The number of carbonyl (C=O) groups is 1. The van der Waals surface area contributed by atoms with E-state index in [-0.39, 0.29) is 11.8 Å². The third kappa shape index (κ3) is 4.11. The first kappa shape index (κ1) is 17.6. The maximum absolute atomic E-state index is 12.5. The Morgan fingerprint density at radius 3 is 2.96 bits per heavy atom. The van der Waals surface area contributed by atoms with E-state index in [0.717, 1.165) is 49.3 Å². The molecule has 8 heteroatoms. The van der Waals surface area contributed by atoms with Crippen molar-refractivity contribution in [3.8, 4) is 0 Å². The van der Waals surface area contributed by atoms with E-state index in [1.165, 1.54) is 12.8 Å². The molecule has 1 amide bonds. The lowest BCUT2D eigenvalue weighted by Crippen LogP contribution is -2.40. The van der Waals surface area contributed by atoms with Crippen LogP contribution in [-0.2, 0) is 18.4 Å². The molecule has 1 atom stereocenters. The van der Waals surface area contributed by atoms with Gasteiger partial charge >= 0.3 is 0 Å². The monoisotopic (exact) mass is 374 g/mol. The van der Waals surface area contributed by atoms with E-state index in [2.05, 4.69) is 19.9 Å². The van der Waals surface area contributed by atoms with Gasteiger partial charge in [0.15, 0.2) is 5.82 Å². The fourth-order valence-electron chi connectivity index (χ4n) is 3.51. The van der Waals surface area contributed by atoms with Crippen LogP contribution in [0.25, 0.3) is 0 Å². The molecule has 1 saturated carbocycles. The zero-order chi connectivity index (χ0) is 17.9. The summed E-state index contributed by atoms with van der Waals surface area (Å²) in [5.74, 6) is 5.05. The molecule has 2 aromatic heterocycles. The third-order valence-electron chi connectivity index (χ3n) is 5.28. The number of piperidine rings is 1. The average molecular weight is 375 g/mol. The van der Waals surface area contributed by atoms with Crippen LogP contribution in [0.2, 0.25) is 0 Å². The Morgan fingerprint density at radius 2 is 2.19 bits per heavy atom. The maximum atomic E-state index is 12.5. The summed E-state index contributed by atoms with van der Waals surface area (Å²) in [7, 11) is 2.01. The lowest BCUT2D eigenvalue weighted by Gasteiger charge is -2.32. The summed E-state index contributed by atoms with van der Waals surface area (Å²) in [6, 6.07) is 1.91. The molecular weight excluding hydrogens is 348 g/mol. The Bertz CT molecular complexity index is 739. The average Bonchev–Trinajstić information content (AvgIpc) is 3.20. The molecule has 0 unspecified atom stereocenters. The highest BCUT2D eigenvalue weighted by Crippen LogP contribution is 2.32. The molecule has 2 aromatic rings. The first-order valence-electron chi connectivity index (χ1n) is 9.42. The van der Waals surface area contributed by atoms with Crippen molar-refractivity contribution in [1.29, 1.82) is 0 Å². The summed E-state index contributed by atoms with van der Waals surface area (Å²) < 4.78 is 3.92. The van der Waals surface area contributed by atoms with Crippen LogP contribution in [-0.4, -0.2) is 59.9 Å². The molecule has 3 heterocycles. The smallest absolute Gasteiger partial charge is 0.232 e. The van der Waals surface area contributed by atoms with Gasteiger partial charge < -0.3 is 9.47 Å². The lowest BCUT2D eigenvalue weighted by molar-refractivity contribution is -0.129. The minimum atomic E-state index is 0.269. The van der Waals surface area contributed by atoms with Crippen LogP contribution in [0, 0.1) is 5.92 Å². The van der Waals surface area contributed by atoms with Crippen molar-refractivity contribution in [2.24, 2.45) is 13.0 Å². The molecular formula is C18H26N6OS. The standard InChI is InChI=1S/C18H26N6OS/c1-22-16(11-24-9-3-7-19-24)20-21-18(22)15-4-2-8-23(10-15)17(25)13-26-12-14-5-6-14/h3,7,9,14-15H,2,4-6,8,10-13H2,1H3/t15-/m0/s1. The Kier molecular flexibility index (Phi) is 5.28. The zero-order valence-corrected chi connectivity index (χ0v) is 16.1. The maximum Gasteiger partial charge on any atom is 0.232 e. The van der Waals surface area contributed by atoms with Crippen molar-refractivity contribution < 1.29 is 4.79 Å². The highest BCUT2D eigenvalue weighted by molar-refractivity contribution is 7.99. The molecule has 1 saturated heterocycles. The van der Waals surface area contributed by atoms with E-state index in [0.29, 0.717) is 12.3 Å². The third-order valence-corrected chi connectivity index (χ3v) is 6.43. The van der Waals surface area contributed by atoms with Gasteiger partial charge in [-0.15, -0.1) is 10.2 Å². The molecule has 0 aromatic carbocycles. The van der Waals surface area contributed by atoms with Gasteiger partial charge in [0.05, 0.1) is 5.75 Å². The van der Waals surface area contributed by atoms with Gasteiger partial charge in [0, 0.05) is 38.4 Å². The van der Waals surface area contributed by atoms with Crippen LogP contribution < -0.4 is 0 Å². The van der Waals surface area contributed by atoms with E-state index in [9.17, 15) is 4.79 Å². The van der Waals surface area contributed by atoms with E-state index < -0.39 is 0 Å². The summed E-state index contributed by atoms with van der Waals surface area (Å²) >= 11 is 1.80. The highest BCUT2D eigenvalue weighted by Gasteiger charge is 2.29. The van der Waals surface area contributed by atoms with Crippen molar-refractivity contribution in [3.63, 3.8) is 0 Å². The van der Waals surface area contributed by atoms with E-state index >= 15 is 0 Å². The molecule has 4 rings (SSSR count). The van der Waals surface area contributed by atoms with Gasteiger partial charge in [-0.2, -0.15) is 16.9 Å². The van der Waals surface area contributed by atoms with Crippen molar-refractivity contribution in [2.45, 2.75) is 38.1 Å². The van der Waals surface area contributed by atoms with Crippen molar-refractivity contribution >= 4 is 17.7 Å². The molecule has 0 radical (unpaired) electrons. The van der Waals surface area contributed by atoms with Gasteiger partial charge in [-0.3, -0.25) is 9.48 Å². The summed E-state index contributed by atoms with van der Waals surface area (Å²) in [6.07, 6.45) is 8.48. The van der Waals surface area contributed by atoms with Crippen LogP contribution in [0.4, 0.5) is 0 Å². The number of aromatic nitrogens is 5. The topological polar surface area (TPSA) is 68.8 Å². The molecule has 0 bridgehead atoms. The van der Waals surface area contributed by atoms with Gasteiger partial charge in [-0.05, 0) is 43.4 Å². The number of carbonyl (C=O) groups excluding carboxylic acids is 1. The number of amides is 1. The van der Waals surface area contributed by atoms with Gasteiger partial charge in [0.25, 0.3) is 0 Å². The van der Waals surface area contributed by atoms with Crippen LogP contribution in [0.5, 0.6) is 0 Å². The predicted octanol–water partition coefficient (Wildman–Crippen LogP) is 1.91. The van der Waals surface area contributed by atoms with Crippen molar-refractivity contribution in [2.75, 3.05) is 24.6 Å². The Hall–Kier alpha value is -1.83. The summed E-state index contributed by atoms with van der Waals surface area (Å²) in [5.41, 5.74) is 0. The quantitative estimate of drug-likeness (QED) is 0.740. The number of hydrogen-bond donors (Lipinski definition) is 0. The molecule has 140 valence electrons. The van der Waals surface area contributed by atoms with Gasteiger partial charge in [0.1, 0.15) is 12.4 Å². The van der Waals surface area contributed by atoms with Gasteiger partial charge in [-0.25, -0.2) is 0 Å². The summed E-state index contributed by atoms with van der Waals surface area (Å²) in [4.78, 5) is 14.6. The molecule has 0 spiro atoms. The molecule has 26 heavy (non-hydrogen) atoms. The molecule has 1 aliphatic carbocycles. The van der Waals surface area contributed by atoms with Gasteiger partial charge in [0.2, 0.25) is 5.91 Å². The molecule has 2 aliphatic rings. The predicted molar refractivity (Wildman–Crippen MR) is 101 cm³/mol. The Morgan fingerprint density at radius 1 is 1.31 bits per heavy atom. The number of likely N-dealkylation sites (tertiary alicyclic amines) is 1. The number of hydrogen-bond acceptors (Lipinski definition) is 5. The lowest BCUT2D eigenvalue weighted by atomic mass is 9.97. The fourth-order valence-corrected chi connectivity index (χ4v) is 4.65. The minimum absolute atomic E-state index is 0.269. The van der Waals surface area contributed by atoms with Crippen LogP contribution in [0.15, 0.2) is 18.5 Å². The molecule has 1 aliphatic heterocycles. The van der Waals surface area contributed by atoms with Crippen LogP contribution >= 0.6 is 11.8 Å². The zero-order valence-electron chi connectivity index (χ0n) is 15.3. The number of nitrogens with zero attached hydrogens (tertiary/aromatic N) is 6. The number of thioether (sulfide) groups is 1. The molecule has 0 N–H and O–H groups in total. The normalized spacial score (nSPS) is 20.5. The summed E-state index contributed by atoms with van der Waals surface area (Å²) in [6.45, 7) is 2.25. The van der Waals surface area contributed by atoms with Crippen molar-refractivity contribution in [3.05, 3.63) is 30.1 Å². The minimum Gasteiger partial charge on any atom is -0.341 e. The van der Waals surface area contributed by atoms with Crippen LogP contribution in [0.1, 0.15) is 43.3 Å². The van der Waals surface area contributed by atoms with Crippen LogP contribution in [0.3, 0.4) is 0 Å². The summed E-state index contributed by atoms with van der Waals surface area (Å²) in [5, 5.41) is 13.0. The van der Waals surface area contributed by atoms with E-state index in [1.807, 2.05) is 28.9 Å². The van der Waals surface area contributed by atoms with Gasteiger partial charge in [-0.1, -0.05) is 0 Å². The van der Waals surface area contributed by atoms with E-state index in [4.69, 9.17) is 0 Å². The SMILES string of the molecule is Cn1c(Cn2cccn2)nnc1[C@H]1CCCN(C(=O)CSCC2CC2)C1. The second-order valence-corrected chi connectivity index (χ2v) is 8.40. The fraction of sp³-hybridized carbons (Fsp3) is 0.667. The highest BCUT2D eigenvalue weighted by atomic mass is 32.2. The first-order chi connectivity index (χ1) is 12.7. The second-order valence-electron chi connectivity index (χ2n) is 7.37. The molecule has 7 nitrogen and oxygen atoms in total. The molecule has 2 fully saturated rings. The Labute approximate surface area is 158 Å². The van der Waals surface area contributed by atoms with E-state index in [1.54, 1.807) is 18.0 Å². The Balaban J connectivity index is 1.36. The van der Waals surface area contributed by atoms with Crippen molar-refractivity contribution in [1.82, 2.24) is 29.4 Å². The second kappa shape index (κ2) is 7.82.